The Bertz CT molecular complexity index is 2680. The van der Waals surface area contributed by atoms with Gasteiger partial charge in [0.05, 0.1) is 0 Å². The van der Waals surface area contributed by atoms with Crippen LogP contribution in [0.3, 0.4) is 0 Å². The molecule has 0 aliphatic carbocycles. The molecule has 8 aromatic rings. The maximum Gasteiger partial charge on any atom is 0.164 e. The van der Waals surface area contributed by atoms with Gasteiger partial charge >= 0.3 is 0 Å². The summed E-state index contributed by atoms with van der Waals surface area (Å²) in [5.74, 6) is 2.69. The van der Waals surface area contributed by atoms with Gasteiger partial charge in [-0.15, -0.1) is 11.8 Å². The Labute approximate surface area is 332 Å². The van der Waals surface area contributed by atoms with E-state index in [9.17, 15) is 0 Å². The van der Waals surface area contributed by atoms with Crippen LogP contribution in [-0.4, -0.2) is 20.7 Å². The zero-order valence-corrected chi connectivity index (χ0v) is 31.5. The molecule has 0 saturated heterocycles. The van der Waals surface area contributed by atoms with Crippen molar-refractivity contribution < 1.29 is 0 Å². The van der Waals surface area contributed by atoms with Gasteiger partial charge in [0, 0.05) is 27.3 Å². The van der Waals surface area contributed by atoms with Gasteiger partial charge in [0.25, 0.3) is 0 Å². The van der Waals surface area contributed by atoms with Gasteiger partial charge in [-0.25, -0.2) is 15.0 Å². The SMILES string of the molecule is C=C1/C=C\C=C(\c2ccccc2)CSc2c1cccc2-c1cc(-c2cccc(-c3ccccc3)c2)cc(-c2nc(-c3ccccc3)nc(-c3ccccc3)n2)c1. The summed E-state index contributed by atoms with van der Waals surface area (Å²) in [5, 5.41) is 0. The molecular formula is C52H37N3S. The number of aromatic nitrogens is 3. The first kappa shape index (κ1) is 34.9. The second-order valence-electron chi connectivity index (χ2n) is 13.7. The van der Waals surface area contributed by atoms with Crippen molar-refractivity contribution in [3.63, 3.8) is 0 Å². The minimum atomic E-state index is 0.616. The van der Waals surface area contributed by atoms with Crippen LogP contribution in [0.5, 0.6) is 0 Å². The third-order valence-electron chi connectivity index (χ3n) is 9.98. The monoisotopic (exact) mass is 735 g/mol. The van der Waals surface area contributed by atoms with E-state index < -0.39 is 0 Å². The summed E-state index contributed by atoms with van der Waals surface area (Å²) in [5.41, 5.74) is 14.1. The van der Waals surface area contributed by atoms with Crippen LogP contribution in [0.15, 0.2) is 212 Å². The molecule has 56 heavy (non-hydrogen) atoms. The first-order chi connectivity index (χ1) is 27.7. The molecule has 0 saturated carbocycles. The lowest BCUT2D eigenvalue weighted by molar-refractivity contribution is 1.07. The highest BCUT2D eigenvalue weighted by Crippen LogP contribution is 2.42. The molecule has 0 unspecified atom stereocenters. The summed E-state index contributed by atoms with van der Waals surface area (Å²) in [7, 11) is 0. The van der Waals surface area contributed by atoms with Crippen LogP contribution in [0.25, 0.3) is 78.7 Å². The Morgan fingerprint density at radius 2 is 0.839 bits per heavy atom. The number of benzene rings is 7. The first-order valence-electron chi connectivity index (χ1n) is 18.7. The van der Waals surface area contributed by atoms with Gasteiger partial charge < -0.3 is 0 Å². The molecule has 0 radical (unpaired) electrons. The molecule has 1 aromatic heterocycles. The summed E-state index contributed by atoms with van der Waals surface area (Å²) in [6.45, 7) is 4.52. The van der Waals surface area contributed by atoms with E-state index in [1.807, 2.05) is 72.4 Å². The summed E-state index contributed by atoms with van der Waals surface area (Å²) in [6.07, 6.45) is 6.46. The lowest BCUT2D eigenvalue weighted by Crippen LogP contribution is -2.01. The van der Waals surface area contributed by atoms with Crippen LogP contribution in [0.2, 0.25) is 0 Å². The molecule has 1 aliphatic rings. The number of hydrogen-bond donors (Lipinski definition) is 0. The predicted molar refractivity (Wildman–Crippen MR) is 236 cm³/mol. The number of rotatable bonds is 7. The normalized spacial score (nSPS) is 14.1. The van der Waals surface area contributed by atoms with Crippen molar-refractivity contribution in [2.45, 2.75) is 4.90 Å². The van der Waals surface area contributed by atoms with E-state index in [-0.39, 0.29) is 0 Å². The average molecular weight is 736 g/mol. The Hall–Kier alpha value is -6.88. The van der Waals surface area contributed by atoms with E-state index in [1.54, 1.807) is 0 Å². The summed E-state index contributed by atoms with van der Waals surface area (Å²) in [6, 6.07) is 63.5. The fourth-order valence-corrected chi connectivity index (χ4v) is 8.36. The van der Waals surface area contributed by atoms with Crippen molar-refractivity contribution in [2.24, 2.45) is 0 Å². The lowest BCUT2D eigenvalue weighted by atomic mass is 9.92. The highest BCUT2D eigenvalue weighted by atomic mass is 32.2. The molecule has 4 heteroatoms. The average Bonchev–Trinajstić information content (AvgIpc) is 3.36. The summed E-state index contributed by atoms with van der Waals surface area (Å²) < 4.78 is 0. The number of thioether (sulfide) groups is 1. The Morgan fingerprint density at radius 3 is 1.46 bits per heavy atom. The van der Waals surface area contributed by atoms with E-state index in [0.717, 1.165) is 61.4 Å². The standard InChI is InChI=1S/C52H37N3S/c1-36-17-14-28-43(38-20-8-3-9-21-38)35-56-49-47(36)29-16-30-48(49)45-32-44(42-27-15-26-41(31-42)37-18-6-2-7-19-37)33-46(34-45)52-54-50(39-22-10-4-11-23-39)53-51(55-52)40-24-12-5-13-25-40/h2-34H,1,35H2/b17-14-,43-28+. The number of hydrogen-bond acceptors (Lipinski definition) is 4. The second kappa shape index (κ2) is 15.8. The number of fused-ring (bicyclic) bond motifs is 1. The van der Waals surface area contributed by atoms with Crippen LogP contribution >= 0.6 is 11.8 Å². The number of allylic oxidation sites excluding steroid dienone is 4. The predicted octanol–water partition coefficient (Wildman–Crippen LogP) is 13.6. The highest BCUT2D eigenvalue weighted by Gasteiger charge is 2.19. The molecule has 0 bridgehead atoms. The minimum absolute atomic E-state index is 0.616. The van der Waals surface area contributed by atoms with Crippen molar-refractivity contribution in [3.8, 4) is 67.5 Å². The molecule has 0 N–H and O–H groups in total. The maximum atomic E-state index is 5.16. The fraction of sp³-hybridized carbons (Fsp3) is 0.0192. The van der Waals surface area contributed by atoms with Crippen molar-refractivity contribution in [1.29, 1.82) is 0 Å². The van der Waals surface area contributed by atoms with Crippen LogP contribution < -0.4 is 0 Å². The van der Waals surface area contributed by atoms with Crippen LogP contribution in [0, 0.1) is 0 Å². The van der Waals surface area contributed by atoms with Crippen molar-refractivity contribution in [1.82, 2.24) is 15.0 Å². The van der Waals surface area contributed by atoms with Crippen LogP contribution in [0.4, 0.5) is 0 Å². The molecule has 9 rings (SSSR count). The molecular weight excluding hydrogens is 699 g/mol. The van der Waals surface area contributed by atoms with Gasteiger partial charge in [-0.1, -0.05) is 183 Å². The zero-order chi connectivity index (χ0) is 37.7. The van der Waals surface area contributed by atoms with Gasteiger partial charge in [-0.3, -0.25) is 0 Å². The summed E-state index contributed by atoms with van der Waals surface area (Å²) in [4.78, 5) is 16.5. The van der Waals surface area contributed by atoms with Crippen molar-refractivity contribution >= 4 is 22.9 Å². The third kappa shape index (κ3) is 7.43. The van der Waals surface area contributed by atoms with Gasteiger partial charge in [-0.2, -0.15) is 0 Å². The Morgan fingerprint density at radius 1 is 0.393 bits per heavy atom. The van der Waals surface area contributed by atoms with E-state index in [2.05, 4.69) is 146 Å². The molecule has 7 aromatic carbocycles. The smallest absolute Gasteiger partial charge is 0.164 e. The minimum Gasteiger partial charge on any atom is -0.208 e. The lowest BCUT2D eigenvalue weighted by Gasteiger charge is -2.18. The molecule has 266 valence electrons. The second-order valence-corrected chi connectivity index (χ2v) is 14.7. The molecule has 0 fully saturated rings. The van der Waals surface area contributed by atoms with E-state index in [0.29, 0.717) is 17.5 Å². The quantitative estimate of drug-likeness (QED) is 0.163. The Kier molecular flexibility index (Phi) is 9.86. The molecule has 0 atom stereocenters. The Balaban J connectivity index is 1.25. The largest absolute Gasteiger partial charge is 0.208 e. The molecule has 2 heterocycles. The van der Waals surface area contributed by atoms with Crippen molar-refractivity contribution in [2.75, 3.05) is 5.75 Å². The maximum absolute atomic E-state index is 5.16. The molecule has 3 nitrogen and oxygen atoms in total. The van der Waals surface area contributed by atoms with Gasteiger partial charge in [0.2, 0.25) is 0 Å². The zero-order valence-electron chi connectivity index (χ0n) is 30.7. The first-order valence-corrected chi connectivity index (χ1v) is 19.7. The van der Waals surface area contributed by atoms with E-state index in [1.165, 1.54) is 21.6 Å². The third-order valence-corrected chi connectivity index (χ3v) is 11.2. The topological polar surface area (TPSA) is 38.7 Å². The fourth-order valence-electron chi connectivity index (χ4n) is 7.10. The van der Waals surface area contributed by atoms with Gasteiger partial charge in [0.15, 0.2) is 17.5 Å². The molecule has 1 aliphatic heterocycles. The summed E-state index contributed by atoms with van der Waals surface area (Å²) >= 11 is 1.86. The van der Waals surface area contributed by atoms with E-state index in [4.69, 9.17) is 15.0 Å². The van der Waals surface area contributed by atoms with Gasteiger partial charge in [0.1, 0.15) is 0 Å². The van der Waals surface area contributed by atoms with Crippen molar-refractivity contribution in [3.05, 3.63) is 218 Å². The highest BCUT2D eigenvalue weighted by molar-refractivity contribution is 8.00. The van der Waals surface area contributed by atoms with E-state index >= 15 is 0 Å². The number of nitrogens with zero attached hydrogens (tertiary/aromatic N) is 3. The van der Waals surface area contributed by atoms with Crippen LogP contribution in [-0.2, 0) is 0 Å². The van der Waals surface area contributed by atoms with Crippen LogP contribution in [0.1, 0.15) is 11.1 Å². The van der Waals surface area contributed by atoms with Gasteiger partial charge in [-0.05, 0) is 79.9 Å². The molecule has 0 spiro atoms. The molecule has 0 amide bonds.